The van der Waals surface area contributed by atoms with Crippen LogP contribution in [0.2, 0.25) is 0 Å². The van der Waals surface area contributed by atoms with E-state index in [1.807, 2.05) is 27.7 Å². The molecule has 0 unspecified atom stereocenters. The Kier molecular flexibility index (Phi) is 6.55. The van der Waals surface area contributed by atoms with Crippen LogP contribution in [0.25, 0.3) is 0 Å². The quantitative estimate of drug-likeness (QED) is 0.521. The number of guanidine groups is 1. The Morgan fingerprint density at radius 3 is 2.45 bits per heavy atom. The first kappa shape index (κ1) is 16.0. The highest BCUT2D eigenvalue weighted by molar-refractivity contribution is 5.84. The SMILES string of the molecule is CCNC(=O)CN=C(NCC)NCc1nc(C)c(C)o1. The van der Waals surface area contributed by atoms with Crippen LogP contribution >= 0.6 is 0 Å². The number of hydrogen-bond donors (Lipinski definition) is 3. The Labute approximate surface area is 119 Å². The van der Waals surface area contributed by atoms with Crippen LogP contribution in [0.1, 0.15) is 31.2 Å². The molecule has 0 bridgehead atoms. The number of hydrogen-bond acceptors (Lipinski definition) is 4. The summed E-state index contributed by atoms with van der Waals surface area (Å²) in [5.41, 5.74) is 0.881. The summed E-state index contributed by atoms with van der Waals surface area (Å²) < 4.78 is 5.47. The van der Waals surface area contributed by atoms with Crippen molar-refractivity contribution in [3.8, 4) is 0 Å². The molecule has 0 aromatic carbocycles. The van der Waals surface area contributed by atoms with E-state index in [1.165, 1.54) is 0 Å². The third kappa shape index (κ3) is 5.29. The molecule has 0 saturated carbocycles. The third-order valence-corrected chi connectivity index (χ3v) is 2.58. The molecule has 0 atom stereocenters. The van der Waals surface area contributed by atoms with Crippen molar-refractivity contribution in [2.75, 3.05) is 19.6 Å². The number of aliphatic imine (C=N–C) groups is 1. The second-order valence-corrected chi connectivity index (χ2v) is 4.25. The number of oxazole rings is 1. The van der Waals surface area contributed by atoms with Crippen LogP contribution in [0.15, 0.2) is 9.41 Å². The van der Waals surface area contributed by atoms with Crippen molar-refractivity contribution in [2.24, 2.45) is 4.99 Å². The van der Waals surface area contributed by atoms with E-state index in [2.05, 4.69) is 25.9 Å². The Hall–Kier alpha value is -2.05. The Bertz CT molecular complexity index is 448. The van der Waals surface area contributed by atoms with Gasteiger partial charge in [-0.25, -0.2) is 9.98 Å². The van der Waals surface area contributed by atoms with E-state index < -0.39 is 0 Å². The normalized spacial score (nSPS) is 11.3. The highest BCUT2D eigenvalue weighted by Crippen LogP contribution is 2.07. The highest BCUT2D eigenvalue weighted by atomic mass is 16.4. The Morgan fingerprint density at radius 1 is 1.20 bits per heavy atom. The van der Waals surface area contributed by atoms with Crippen molar-refractivity contribution < 1.29 is 9.21 Å². The molecule has 0 saturated heterocycles. The molecule has 112 valence electrons. The summed E-state index contributed by atoms with van der Waals surface area (Å²) >= 11 is 0. The smallest absolute Gasteiger partial charge is 0.241 e. The molecule has 7 heteroatoms. The van der Waals surface area contributed by atoms with Gasteiger partial charge in [-0.1, -0.05) is 0 Å². The maximum absolute atomic E-state index is 11.4. The molecule has 20 heavy (non-hydrogen) atoms. The summed E-state index contributed by atoms with van der Waals surface area (Å²) in [5.74, 6) is 1.87. The fraction of sp³-hybridized carbons (Fsp3) is 0.615. The van der Waals surface area contributed by atoms with Crippen LogP contribution in [0.5, 0.6) is 0 Å². The summed E-state index contributed by atoms with van der Waals surface area (Å²) in [6.45, 7) is 9.44. The molecule has 0 aliphatic rings. The summed E-state index contributed by atoms with van der Waals surface area (Å²) in [4.78, 5) is 19.8. The van der Waals surface area contributed by atoms with E-state index in [4.69, 9.17) is 4.42 Å². The lowest BCUT2D eigenvalue weighted by atomic mass is 10.4. The first-order valence-electron chi connectivity index (χ1n) is 6.78. The summed E-state index contributed by atoms with van der Waals surface area (Å²) in [6.07, 6.45) is 0. The number of aromatic nitrogens is 1. The van der Waals surface area contributed by atoms with Crippen LogP contribution in [0, 0.1) is 13.8 Å². The van der Waals surface area contributed by atoms with E-state index in [1.54, 1.807) is 0 Å². The molecule has 0 spiro atoms. The molecule has 1 aromatic rings. The average molecular weight is 281 g/mol. The van der Waals surface area contributed by atoms with Gasteiger partial charge in [0.05, 0.1) is 12.2 Å². The fourth-order valence-electron chi connectivity index (χ4n) is 1.52. The molecule has 1 amide bonds. The van der Waals surface area contributed by atoms with E-state index >= 15 is 0 Å². The lowest BCUT2D eigenvalue weighted by molar-refractivity contribution is -0.119. The van der Waals surface area contributed by atoms with Gasteiger partial charge in [0.2, 0.25) is 11.8 Å². The number of aryl methyl sites for hydroxylation is 2. The average Bonchev–Trinajstić information content (AvgIpc) is 2.72. The van der Waals surface area contributed by atoms with Gasteiger partial charge < -0.3 is 20.4 Å². The van der Waals surface area contributed by atoms with Crippen molar-refractivity contribution in [3.05, 3.63) is 17.3 Å². The van der Waals surface area contributed by atoms with Gasteiger partial charge in [-0.2, -0.15) is 0 Å². The standard InChI is InChI=1S/C13H23N5O2/c1-5-14-11(19)7-16-13(15-6-2)17-8-12-18-9(3)10(4)20-12/h5-8H2,1-4H3,(H,14,19)(H2,15,16,17). The molecular weight excluding hydrogens is 258 g/mol. The second-order valence-electron chi connectivity index (χ2n) is 4.25. The minimum absolute atomic E-state index is 0.0901. The Morgan fingerprint density at radius 2 is 1.90 bits per heavy atom. The van der Waals surface area contributed by atoms with Gasteiger partial charge in [-0.15, -0.1) is 0 Å². The molecule has 0 fully saturated rings. The maximum Gasteiger partial charge on any atom is 0.241 e. The summed E-state index contributed by atoms with van der Waals surface area (Å²) in [7, 11) is 0. The van der Waals surface area contributed by atoms with E-state index in [0.717, 1.165) is 11.5 Å². The van der Waals surface area contributed by atoms with Gasteiger partial charge in [-0.05, 0) is 27.7 Å². The predicted octanol–water partition coefficient (Wildman–Crippen LogP) is 0.483. The number of likely N-dealkylation sites (N-methyl/N-ethyl adjacent to an activating group) is 1. The van der Waals surface area contributed by atoms with Crippen LogP contribution in [0.3, 0.4) is 0 Å². The lowest BCUT2D eigenvalue weighted by Gasteiger charge is -2.09. The molecule has 0 aliphatic heterocycles. The van der Waals surface area contributed by atoms with Crippen molar-refractivity contribution in [3.63, 3.8) is 0 Å². The predicted molar refractivity (Wildman–Crippen MR) is 77.5 cm³/mol. The van der Waals surface area contributed by atoms with Crippen molar-refractivity contribution in [1.29, 1.82) is 0 Å². The van der Waals surface area contributed by atoms with Gasteiger partial charge in [0.15, 0.2) is 5.96 Å². The van der Waals surface area contributed by atoms with Crippen molar-refractivity contribution >= 4 is 11.9 Å². The number of nitrogens with one attached hydrogen (secondary N) is 3. The van der Waals surface area contributed by atoms with Crippen molar-refractivity contribution in [2.45, 2.75) is 34.2 Å². The second kappa shape index (κ2) is 8.19. The minimum Gasteiger partial charge on any atom is -0.444 e. The monoisotopic (exact) mass is 281 g/mol. The zero-order chi connectivity index (χ0) is 15.0. The number of carbonyl (C=O) groups is 1. The third-order valence-electron chi connectivity index (χ3n) is 2.58. The highest BCUT2D eigenvalue weighted by Gasteiger charge is 2.06. The molecule has 1 heterocycles. The van der Waals surface area contributed by atoms with Gasteiger partial charge in [0.25, 0.3) is 0 Å². The number of carbonyl (C=O) groups excluding carboxylic acids is 1. The van der Waals surface area contributed by atoms with Crippen LogP contribution in [-0.2, 0) is 11.3 Å². The first-order valence-corrected chi connectivity index (χ1v) is 6.78. The van der Waals surface area contributed by atoms with Crippen LogP contribution < -0.4 is 16.0 Å². The van der Waals surface area contributed by atoms with Gasteiger partial charge in [-0.3, -0.25) is 4.79 Å². The lowest BCUT2D eigenvalue weighted by Crippen LogP contribution is -2.38. The van der Waals surface area contributed by atoms with E-state index in [9.17, 15) is 4.79 Å². The Balaban J connectivity index is 2.53. The number of rotatable bonds is 6. The van der Waals surface area contributed by atoms with E-state index in [-0.39, 0.29) is 12.5 Å². The van der Waals surface area contributed by atoms with Crippen molar-refractivity contribution in [1.82, 2.24) is 20.9 Å². The summed E-state index contributed by atoms with van der Waals surface area (Å²) in [6, 6.07) is 0. The molecule has 3 N–H and O–H groups in total. The molecule has 7 nitrogen and oxygen atoms in total. The van der Waals surface area contributed by atoms with E-state index in [0.29, 0.717) is 31.5 Å². The van der Waals surface area contributed by atoms with Crippen LogP contribution in [-0.4, -0.2) is 36.5 Å². The molecule has 1 rings (SSSR count). The fourth-order valence-corrected chi connectivity index (χ4v) is 1.52. The summed E-state index contributed by atoms with van der Waals surface area (Å²) in [5, 5.41) is 8.83. The van der Waals surface area contributed by atoms with Gasteiger partial charge >= 0.3 is 0 Å². The van der Waals surface area contributed by atoms with Gasteiger partial charge in [0.1, 0.15) is 12.3 Å². The largest absolute Gasteiger partial charge is 0.444 e. The molecule has 1 aromatic heterocycles. The first-order chi connectivity index (χ1) is 9.56. The molecular formula is C13H23N5O2. The molecule has 0 radical (unpaired) electrons. The van der Waals surface area contributed by atoms with Crippen LogP contribution in [0.4, 0.5) is 0 Å². The number of nitrogens with zero attached hydrogens (tertiary/aromatic N) is 2. The molecule has 0 aliphatic carbocycles. The van der Waals surface area contributed by atoms with Gasteiger partial charge in [0, 0.05) is 13.1 Å². The maximum atomic E-state index is 11.4. The topological polar surface area (TPSA) is 91.5 Å². The zero-order valence-electron chi connectivity index (χ0n) is 12.5. The number of amides is 1. The minimum atomic E-state index is -0.104. The zero-order valence-corrected chi connectivity index (χ0v) is 12.5.